The molecule has 0 atom stereocenters. The van der Waals surface area contributed by atoms with Gasteiger partial charge in [0.05, 0.1) is 7.11 Å². The van der Waals surface area contributed by atoms with E-state index in [4.69, 9.17) is 5.11 Å². The number of ether oxygens (including phenoxy) is 1. The Hall–Kier alpha value is -1.79. The fourth-order valence-corrected chi connectivity index (χ4v) is 2.63. The van der Waals surface area contributed by atoms with E-state index >= 15 is 0 Å². The zero-order valence-electron chi connectivity index (χ0n) is 12.7. The van der Waals surface area contributed by atoms with Crippen LogP contribution in [0.2, 0.25) is 0 Å². The minimum absolute atomic E-state index is 0.0504. The molecule has 1 aliphatic carbocycles. The number of methoxy groups -OCH3 is 1. The standard InChI is InChI=1S/C14H24N2O5/c1-3-8-15(10-13(19)21-2)14(20)16(9-12(17)18)11-6-4-5-7-11/h11H,3-10H2,1-2H3,(H,17,18). The highest BCUT2D eigenvalue weighted by Crippen LogP contribution is 2.24. The molecule has 1 saturated carbocycles. The van der Waals surface area contributed by atoms with Crippen LogP contribution in [0.1, 0.15) is 39.0 Å². The van der Waals surface area contributed by atoms with Gasteiger partial charge in [0, 0.05) is 12.6 Å². The molecule has 0 spiro atoms. The van der Waals surface area contributed by atoms with E-state index in [0.717, 1.165) is 25.7 Å². The van der Waals surface area contributed by atoms with Crippen molar-refractivity contribution >= 4 is 18.0 Å². The van der Waals surface area contributed by atoms with Gasteiger partial charge in [-0.05, 0) is 19.3 Å². The highest BCUT2D eigenvalue weighted by molar-refractivity contribution is 5.84. The van der Waals surface area contributed by atoms with E-state index in [9.17, 15) is 14.4 Å². The summed E-state index contributed by atoms with van der Waals surface area (Å²) in [4.78, 5) is 37.8. The van der Waals surface area contributed by atoms with E-state index < -0.39 is 18.0 Å². The van der Waals surface area contributed by atoms with Crippen LogP contribution >= 0.6 is 0 Å². The molecule has 2 amide bonds. The molecular weight excluding hydrogens is 276 g/mol. The third-order valence-corrected chi connectivity index (χ3v) is 3.63. The Balaban J connectivity index is 2.82. The minimum atomic E-state index is -1.04. The highest BCUT2D eigenvalue weighted by atomic mass is 16.5. The van der Waals surface area contributed by atoms with Gasteiger partial charge in [-0.25, -0.2) is 4.79 Å². The molecule has 21 heavy (non-hydrogen) atoms. The van der Waals surface area contributed by atoms with Crippen molar-refractivity contribution in [2.45, 2.75) is 45.1 Å². The summed E-state index contributed by atoms with van der Waals surface area (Å²) in [6.45, 7) is 1.82. The maximum atomic E-state index is 12.6. The number of hydrogen-bond acceptors (Lipinski definition) is 4. The summed E-state index contributed by atoms with van der Waals surface area (Å²) in [5.74, 6) is -1.54. The van der Waals surface area contributed by atoms with Crippen molar-refractivity contribution in [1.29, 1.82) is 0 Å². The van der Waals surface area contributed by atoms with E-state index in [-0.39, 0.29) is 19.1 Å². The molecule has 1 rings (SSSR count). The number of carbonyl (C=O) groups is 3. The predicted molar refractivity (Wildman–Crippen MR) is 75.9 cm³/mol. The number of rotatable bonds is 7. The molecule has 120 valence electrons. The van der Waals surface area contributed by atoms with Gasteiger partial charge in [-0.1, -0.05) is 19.8 Å². The molecule has 0 saturated heterocycles. The number of carboxylic acid groups (broad SMARTS) is 1. The average molecular weight is 300 g/mol. The average Bonchev–Trinajstić information content (AvgIpc) is 2.97. The monoisotopic (exact) mass is 300 g/mol. The van der Waals surface area contributed by atoms with Crippen LogP contribution < -0.4 is 0 Å². The SMILES string of the molecule is CCCN(CC(=O)OC)C(=O)N(CC(=O)O)C1CCCC1. The molecule has 0 bridgehead atoms. The summed E-state index contributed by atoms with van der Waals surface area (Å²) in [7, 11) is 1.27. The van der Waals surface area contributed by atoms with Crippen molar-refractivity contribution in [1.82, 2.24) is 9.80 Å². The summed E-state index contributed by atoms with van der Waals surface area (Å²) in [6, 6.07) is -0.442. The highest BCUT2D eigenvalue weighted by Gasteiger charge is 2.31. The lowest BCUT2D eigenvalue weighted by Crippen LogP contribution is -2.51. The van der Waals surface area contributed by atoms with Crippen molar-refractivity contribution in [3.05, 3.63) is 0 Å². The van der Waals surface area contributed by atoms with Gasteiger partial charge in [0.15, 0.2) is 0 Å². The van der Waals surface area contributed by atoms with Gasteiger partial charge in [0.1, 0.15) is 13.1 Å². The van der Waals surface area contributed by atoms with Crippen LogP contribution in [0.4, 0.5) is 4.79 Å². The zero-order valence-corrected chi connectivity index (χ0v) is 12.7. The lowest BCUT2D eigenvalue weighted by molar-refractivity contribution is -0.141. The van der Waals surface area contributed by atoms with Crippen molar-refractivity contribution in [3.8, 4) is 0 Å². The first-order valence-corrected chi connectivity index (χ1v) is 7.33. The minimum Gasteiger partial charge on any atom is -0.480 e. The molecule has 1 fully saturated rings. The van der Waals surface area contributed by atoms with Gasteiger partial charge >= 0.3 is 18.0 Å². The molecule has 0 aromatic carbocycles. The summed E-state index contributed by atoms with van der Waals surface area (Å²) in [6.07, 6.45) is 4.32. The van der Waals surface area contributed by atoms with Gasteiger partial charge in [0.2, 0.25) is 0 Å². The zero-order chi connectivity index (χ0) is 15.8. The van der Waals surface area contributed by atoms with Crippen LogP contribution in [0.25, 0.3) is 0 Å². The second-order valence-electron chi connectivity index (χ2n) is 5.24. The Morgan fingerprint density at radius 3 is 2.29 bits per heavy atom. The van der Waals surface area contributed by atoms with E-state index in [1.54, 1.807) is 0 Å². The lowest BCUT2D eigenvalue weighted by atomic mass is 10.2. The number of hydrogen-bond donors (Lipinski definition) is 1. The van der Waals surface area contributed by atoms with Gasteiger partial charge in [0.25, 0.3) is 0 Å². The Morgan fingerprint density at radius 1 is 1.19 bits per heavy atom. The quantitative estimate of drug-likeness (QED) is 0.716. The maximum Gasteiger partial charge on any atom is 0.325 e. The molecule has 1 N–H and O–H groups in total. The Bertz CT molecular complexity index is 380. The number of aliphatic carboxylic acids is 1. The van der Waals surface area contributed by atoms with Crippen LogP contribution in [-0.2, 0) is 14.3 Å². The first-order valence-electron chi connectivity index (χ1n) is 7.33. The second kappa shape index (κ2) is 8.49. The normalized spacial score (nSPS) is 14.8. The maximum absolute atomic E-state index is 12.6. The first-order chi connectivity index (χ1) is 9.99. The predicted octanol–water partition coefficient (Wildman–Crippen LogP) is 1.32. The molecule has 0 unspecified atom stereocenters. The Morgan fingerprint density at radius 2 is 1.81 bits per heavy atom. The summed E-state index contributed by atoms with van der Waals surface area (Å²) in [5.41, 5.74) is 0. The topological polar surface area (TPSA) is 87.2 Å². The van der Waals surface area contributed by atoms with Crippen molar-refractivity contribution in [3.63, 3.8) is 0 Å². The number of nitrogens with zero attached hydrogens (tertiary/aromatic N) is 2. The van der Waals surface area contributed by atoms with Gasteiger partial charge < -0.3 is 19.6 Å². The molecule has 1 aliphatic rings. The van der Waals surface area contributed by atoms with Crippen LogP contribution in [0.15, 0.2) is 0 Å². The van der Waals surface area contributed by atoms with Crippen molar-refractivity contribution in [2.75, 3.05) is 26.7 Å². The van der Waals surface area contributed by atoms with Gasteiger partial charge in [-0.3, -0.25) is 9.59 Å². The van der Waals surface area contributed by atoms with E-state index in [0.29, 0.717) is 13.0 Å². The van der Waals surface area contributed by atoms with Crippen LogP contribution in [0.5, 0.6) is 0 Å². The number of esters is 1. The second-order valence-corrected chi connectivity index (χ2v) is 5.24. The smallest absolute Gasteiger partial charge is 0.325 e. The van der Waals surface area contributed by atoms with Crippen molar-refractivity contribution < 1.29 is 24.2 Å². The van der Waals surface area contributed by atoms with Gasteiger partial charge in [-0.2, -0.15) is 0 Å². The van der Waals surface area contributed by atoms with E-state index in [1.165, 1.54) is 16.9 Å². The molecule has 0 aromatic rings. The summed E-state index contributed by atoms with van der Waals surface area (Å²) in [5, 5.41) is 9.03. The summed E-state index contributed by atoms with van der Waals surface area (Å²) < 4.78 is 4.60. The number of urea groups is 1. The van der Waals surface area contributed by atoms with Crippen LogP contribution in [0.3, 0.4) is 0 Å². The molecule has 0 heterocycles. The van der Waals surface area contributed by atoms with Crippen LogP contribution in [0, 0.1) is 0 Å². The fourth-order valence-electron chi connectivity index (χ4n) is 2.63. The lowest BCUT2D eigenvalue weighted by Gasteiger charge is -2.33. The molecule has 0 radical (unpaired) electrons. The fraction of sp³-hybridized carbons (Fsp3) is 0.786. The molecule has 7 heteroatoms. The molecule has 0 aromatic heterocycles. The third kappa shape index (κ3) is 5.24. The largest absolute Gasteiger partial charge is 0.480 e. The van der Waals surface area contributed by atoms with E-state index in [2.05, 4.69) is 4.74 Å². The van der Waals surface area contributed by atoms with Crippen LogP contribution in [-0.4, -0.2) is 65.7 Å². The molecule has 0 aliphatic heterocycles. The Kier molecular flexibility index (Phi) is 6.98. The summed E-state index contributed by atoms with van der Waals surface area (Å²) >= 11 is 0. The van der Waals surface area contributed by atoms with Crippen molar-refractivity contribution in [2.24, 2.45) is 0 Å². The first kappa shape index (κ1) is 17.3. The van der Waals surface area contributed by atoms with Gasteiger partial charge in [-0.15, -0.1) is 0 Å². The number of carbonyl (C=O) groups excluding carboxylic acids is 2. The third-order valence-electron chi connectivity index (χ3n) is 3.63. The molecule has 7 nitrogen and oxygen atoms in total. The Labute approximate surface area is 124 Å². The van der Waals surface area contributed by atoms with E-state index in [1.807, 2.05) is 6.92 Å². The number of amides is 2. The molecular formula is C14H24N2O5. The number of carboxylic acids is 1.